The smallest absolute Gasteiger partial charge is 0.162 e. The average molecular weight is 691 g/mol. The maximum absolute atomic E-state index is 6.69. The molecule has 5 nitrogen and oxygen atoms in total. The zero-order valence-electron chi connectivity index (χ0n) is 29.0. The van der Waals surface area contributed by atoms with E-state index in [1.165, 1.54) is 10.8 Å². The van der Waals surface area contributed by atoms with Gasteiger partial charge in [0.15, 0.2) is 5.82 Å². The number of hydrogen-bond acceptors (Lipinski definition) is 4. The van der Waals surface area contributed by atoms with E-state index in [1.54, 1.807) is 0 Å². The highest BCUT2D eigenvalue weighted by atomic mass is 16.3. The fraction of sp³-hybridized carbons (Fsp3) is 0. The van der Waals surface area contributed by atoms with Crippen molar-refractivity contribution in [3.8, 4) is 50.8 Å². The highest BCUT2D eigenvalue weighted by Crippen LogP contribution is 2.43. The Morgan fingerprint density at radius 1 is 0.426 bits per heavy atom. The van der Waals surface area contributed by atoms with Gasteiger partial charge in [-0.1, -0.05) is 152 Å². The largest absolute Gasteiger partial charge is 0.455 e. The average Bonchev–Trinajstić information content (AvgIpc) is 3.80. The Morgan fingerprint density at radius 2 is 1.04 bits per heavy atom. The maximum Gasteiger partial charge on any atom is 0.162 e. The van der Waals surface area contributed by atoms with Crippen molar-refractivity contribution < 1.29 is 4.42 Å². The van der Waals surface area contributed by atoms with Crippen LogP contribution in [0.25, 0.3) is 105 Å². The zero-order valence-corrected chi connectivity index (χ0v) is 29.0. The molecule has 0 N–H and O–H groups in total. The Hall–Kier alpha value is -7.37. The predicted molar refractivity (Wildman–Crippen MR) is 221 cm³/mol. The van der Waals surface area contributed by atoms with Gasteiger partial charge in [0.2, 0.25) is 0 Å². The summed E-state index contributed by atoms with van der Waals surface area (Å²) in [6, 6.07) is 62.9. The lowest BCUT2D eigenvalue weighted by atomic mass is 9.96. The van der Waals surface area contributed by atoms with Gasteiger partial charge in [0.25, 0.3) is 0 Å². The standard InChI is InChI=1S/C49H30N4O/c1-3-14-31(15-4-1)35-21-13-22-39-45(35)48-46(38-20-9-12-25-43(38)54-48)47(50-39)33-26-28-34(29-27-33)49-51-40(32-16-5-2-6-17-32)30-44(52-49)53-41-23-10-7-18-36(41)37-19-8-11-24-42(37)53/h1-30H. The Labute approximate surface area is 310 Å². The van der Waals surface area contributed by atoms with Gasteiger partial charge < -0.3 is 4.42 Å². The highest BCUT2D eigenvalue weighted by Gasteiger charge is 2.21. The molecule has 5 heteroatoms. The second kappa shape index (κ2) is 12.1. The van der Waals surface area contributed by atoms with E-state index in [2.05, 4.69) is 150 Å². The molecular formula is C49H30N4O. The molecule has 11 aromatic rings. The van der Waals surface area contributed by atoms with E-state index in [1.807, 2.05) is 36.4 Å². The van der Waals surface area contributed by atoms with Crippen LogP contribution in [0.1, 0.15) is 0 Å². The van der Waals surface area contributed by atoms with Crippen LogP contribution < -0.4 is 0 Å². The summed E-state index contributed by atoms with van der Waals surface area (Å²) in [5.74, 6) is 1.47. The third-order valence-corrected chi connectivity index (χ3v) is 10.4. The second-order valence-electron chi connectivity index (χ2n) is 13.6. The van der Waals surface area contributed by atoms with Crippen LogP contribution in [0.15, 0.2) is 186 Å². The van der Waals surface area contributed by atoms with Gasteiger partial charge in [0.1, 0.15) is 17.0 Å². The maximum atomic E-state index is 6.69. The molecule has 7 aromatic carbocycles. The van der Waals surface area contributed by atoms with Crippen LogP contribution in [0.2, 0.25) is 0 Å². The van der Waals surface area contributed by atoms with Gasteiger partial charge >= 0.3 is 0 Å². The number of nitrogens with zero attached hydrogens (tertiary/aromatic N) is 4. The van der Waals surface area contributed by atoms with E-state index in [0.717, 1.165) is 88.9 Å². The molecule has 0 spiro atoms. The molecule has 0 atom stereocenters. The molecule has 0 fully saturated rings. The summed E-state index contributed by atoms with van der Waals surface area (Å²) in [5, 5.41) is 5.44. The summed E-state index contributed by atoms with van der Waals surface area (Å²) in [6.07, 6.45) is 0. The van der Waals surface area contributed by atoms with Gasteiger partial charge in [-0.05, 0) is 35.4 Å². The Morgan fingerprint density at radius 3 is 1.76 bits per heavy atom. The van der Waals surface area contributed by atoms with E-state index in [9.17, 15) is 0 Å². The lowest BCUT2D eigenvalue weighted by molar-refractivity contribution is 0.672. The monoisotopic (exact) mass is 690 g/mol. The van der Waals surface area contributed by atoms with Crippen molar-refractivity contribution in [2.24, 2.45) is 0 Å². The topological polar surface area (TPSA) is 56.7 Å². The van der Waals surface area contributed by atoms with Crippen LogP contribution >= 0.6 is 0 Å². The van der Waals surface area contributed by atoms with Crippen molar-refractivity contribution in [1.29, 1.82) is 0 Å². The molecule has 54 heavy (non-hydrogen) atoms. The molecule has 0 aliphatic carbocycles. The van der Waals surface area contributed by atoms with Gasteiger partial charge in [-0.25, -0.2) is 15.0 Å². The summed E-state index contributed by atoms with van der Waals surface area (Å²) < 4.78 is 8.94. The van der Waals surface area contributed by atoms with Crippen LogP contribution in [0, 0.1) is 0 Å². The molecule has 0 unspecified atom stereocenters. The fourth-order valence-corrected chi connectivity index (χ4v) is 7.95. The van der Waals surface area contributed by atoms with Gasteiger partial charge in [-0.15, -0.1) is 0 Å². The van der Waals surface area contributed by atoms with Crippen LogP contribution in [0.3, 0.4) is 0 Å². The molecular weight excluding hydrogens is 661 g/mol. The SMILES string of the molecule is c1ccc(-c2cc(-n3c4ccccc4c4ccccc43)nc(-c3ccc(-c4nc5cccc(-c6ccccc6)c5c5oc6ccccc6c45)cc3)n2)cc1. The van der Waals surface area contributed by atoms with Gasteiger partial charge in [0, 0.05) is 38.9 Å². The lowest BCUT2D eigenvalue weighted by Gasteiger charge is -2.13. The molecule has 252 valence electrons. The first kappa shape index (κ1) is 30.3. The summed E-state index contributed by atoms with van der Waals surface area (Å²) in [5.41, 5.74) is 11.7. The van der Waals surface area contributed by atoms with Crippen LogP contribution in [-0.4, -0.2) is 19.5 Å². The normalized spacial score (nSPS) is 11.7. The third kappa shape index (κ3) is 4.76. The van der Waals surface area contributed by atoms with E-state index < -0.39 is 0 Å². The van der Waals surface area contributed by atoms with E-state index in [0.29, 0.717) is 5.82 Å². The van der Waals surface area contributed by atoms with E-state index in [4.69, 9.17) is 19.4 Å². The summed E-state index contributed by atoms with van der Waals surface area (Å²) in [4.78, 5) is 15.8. The van der Waals surface area contributed by atoms with Gasteiger partial charge in [0.05, 0.1) is 38.7 Å². The predicted octanol–water partition coefficient (Wildman–Crippen LogP) is 12.7. The first-order valence-electron chi connectivity index (χ1n) is 18.1. The Kier molecular flexibility index (Phi) is 6.79. The third-order valence-electron chi connectivity index (χ3n) is 10.4. The summed E-state index contributed by atoms with van der Waals surface area (Å²) in [6.45, 7) is 0. The van der Waals surface area contributed by atoms with Crippen LogP contribution in [-0.2, 0) is 0 Å². The molecule has 4 aromatic heterocycles. The molecule has 0 aliphatic heterocycles. The number of fused-ring (bicyclic) bond motifs is 8. The number of aromatic nitrogens is 4. The van der Waals surface area contributed by atoms with Crippen molar-refractivity contribution in [2.45, 2.75) is 0 Å². The van der Waals surface area contributed by atoms with E-state index in [-0.39, 0.29) is 0 Å². The van der Waals surface area contributed by atoms with Gasteiger partial charge in [-0.3, -0.25) is 4.57 Å². The molecule has 11 rings (SSSR count). The van der Waals surface area contributed by atoms with Crippen molar-refractivity contribution in [1.82, 2.24) is 19.5 Å². The molecule has 4 heterocycles. The molecule has 0 bridgehead atoms. The molecule has 0 saturated heterocycles. The number of benzene rings is 7. The number of pyridine rings is 1. The fourth-order valence-electron chi connectivity index (χ4n) is 7.95. The first-order valence-corrected chi connectivity index (χ1v) is 18.1. The Bertz CT molecular complexity index is 3150. The molecule has 0 saturated carbocycles. The van der Waals surface area contributed by atoms with Crippen LogP contribution in [0.4, 0.5) is 0 Å². The second-order valence-corrected chi connectivity index (χ2v) is 13.6. The minimum atomic E-state index is 0.651. The van der Waals surface area contributed by atoms with Crippen LogP contribution in [0.5, 0.6) is 0 Å². The number of para-hydroxylation sites is 3. The van der Waals surface area contributed by atoms with E-state index >= 15 is 0 Å². The van der Waals surface area contributed by atoms with Crippen molar-refractivity contribution >= 4 is 54.6 Å². The van der Waals surface area contributed by atoms with Crippen molar-refractivity contribution in [3.05, 3.63) is 182 Å². The van der Waals surface area contributed by atoms with Crippen molar-refractivity contribution in [3.63, 3.8) is 0 Å². The molecule has 0 radical (unpaired) electrons. The lowest BCUT2D eigenvalue weighted by Crippen LogP contribution is -2.02. The minimum Gasteiger partial charge on any atom is -0.455 e. The highest BCUT2D eigenvalue weighted by molar-refractivity contribution is 6.22. The van der Waals surface area contributed by atoms with Crippen molar-refractivity contribution in [2.75, 3.05) is 0 Å². The zero-order chi connectivity index (χ0) is 35.6. The molecule has 0 amide bonds. The quantitative estimate of drug-likeness (QED) is 0.180. The summed E-state index contributed by atoms with van der Waals surface area (Å²) >= 11 is 0. The number of furan rings is 1. The first-order chi connectivity index (χ1) is 26.8. The Balaban J connectivity index is 1.10. The minimum absolute atomic E-state index is 0.651. The molecule has 0 aliphatic rings. The van der Waals surface area contributed by atoms with Gasteiger partial charge in [-0.2, -0.15) is 0 Å². The number of rotatable bonds is 5. The number of hydrogen-bond donors (Lipinski definition) is 0. The summed E-state index contributed by atoms with van der Waals surface area (Å²) in [7, 11) is 0.